The Bertz CT molecular complexity index is 962. The molecular weight excluding hydrogens is 376 g/mol. The number of hydrogen-bond acceptors (Lipinski definition) is 5. The molecule has 30 heavy (non-hydrogen) atoms. The fourth-order valence-corrected chi connectivity index (χ4v) is 4.08. The summed E-state index contributed by atoms with van der Waals surface area (Å²) in [6, 6.07) is 9.60. The van der Waals surface area contributed by atoms with Gasteiger partial charge in [0.05, 0.1) is 18.0 Å². The number of amidine groups is 1. The molecular formula is C23H26N6O. The van der Waals surface area contributed by atoms with E-state index in [2.05, 4.69) is 27.2 Å². The fraction of sp³-hybridized carbons (Fsp3) is 0.391. The molecule has 7 nitrogen and oxygen atoms in total. The van der Waals surface area contributed by atoms with Gasteiger partial charge in [-0.15, -0.1) is 0 Å². The average molecular weight is 403 g/mol. The minimum atomic E-state index is 0.203. The van der Waals surface area contributed by atoms with Crippen LogP contribution in [0.4, 0.5) is 0 Å². The Kier molecular flexibility index (Phi) is 5.66. The number of carbonyl (C=O) groups excluding carboxylic acids is 1. The van der Waals surface area contributed by atoms with Crippen molar-refractivity contribution < 1.29 is 4.79 Å². The Hall–Kier alpha value is -3.40. The number of benzene rings is 1. The first kappa shape index (κ1) is 19.9. The van der Waals surface area contributed by atoms with Crippen molar-refractivity contribution in [3.8, 4) is 6.07 Å². The van der Waals surface area contributed by atoms with E-state index in [-0.39, 0.29) is 11.3 Å². The minimum absolute atomic E-state index is 0.203. The van der Waals surface area contributed by atoms with E-state index in [0.29, 0.717) is 30.8 Å². The summed E-state index contributed by atoms with van der Waals surface area (Å²) in [6.45, 7) is 3.29. The van der Waals surface area contributed by atoms with Crippen LogP contribution in [0.5, 0.6) is 0 Å². The summed E-state index contributed by atoms with van der Waals surface area (Å²) in [7, 11) is 0. The van der Waals surface area contributed by atoms with Gasteiger partial charge < -0.3 is 15.5 Å². The molecule has 0 radical (unpaired) electrons. The van der Waals surface area contributed by atoms with Crippen molar-refractivity contribution in [2.24, 2.45) is 21.1 Å². The van der Waals surface area contributed by atoms with E-state index in [1.54, 1.807) is 18.3 Å². The molecule has 1 spiro atoms. The lowest BCUT2D eigenvalue weighted by Gasteiger charge is -2.24. The van der Waals surface area contributed by atoms with Crippen molar-refractivity contribution in [2.75, 3.05) is 26.2 Å². The van der Waals surface area contributed by atoms with Crippen LogP contribution >= 0.6 is 0 Å². The Morgan fingerprint density at radius 2 is 2.07 bits per heavy atom. The Morgan fingerprint density at radius 3 is 2.77 bits per heavy atom. The number of hydrogen-bond donors (Lipinski definition) is 1. The monoisotopic (exact) mass is 402 g/mol. The molecule has 1 aromatic rings. The molecule has 2 aliphatic heterocycles. The second-order valence-corrected chi connectivity index (χ2v) is 8.23. The third-order valence-electron chi connectivity index (χ3n) is 5.97. The zero-order valence-corrected chi connectivity index (χ0v) is 17.0. The number of aryl methyl sites for hydroxylation is 1. The molecule has 154 valence electrons. The van der Waals surface area contributed by atoms with Gasteiger partial charge in [-0.05, 0) is 43.0 Å². The maximum atomic E-state index is 12.9. The zero-order valence-electron chi connectivity index (χ0n) is 17.0. The first-order valence-electron chi connectivity index (χ1n) is 10.3. The molecule has 0 unspecified atom stereocenters. The van der Waals surface area contributed by atoms with Crippen LogP contribution in [0, 0.1) is 16.7 Å². The van der Waals surface area contributed by atoms with Crippen molar-refractivity contribution >= 4 is 18.1 Å². The van der Waals surface area contributed by atoms with E-state index in [0.717, 1.165) is 43.6 Å². The average Bonchev–Trinajstić information content (AvgIpc) is 3.43. The van der Waals surface area contributed by atoms with Gasteiger partial charge in [-0.2, -0.15) is 5.26 Å². The maximum Gasteiger partial charge on any atom is 0.222 e. The van der Waals surface area contributed by atoms with Crippen LogP contribution in [0.3, 0.4) is 0 Å². The SMILES string of the molecule is N#Cc1ccc(CCC(=O)N2CCN(/C=C3\C=CN=C3N=CN)CC3(CC3)C2)cc1. The van der Waals surface area contributed by atoms with Crippen LogP contribution < -0.4 is 5.73 Å². The number of nitrogens with zero attached hydrogens (tertiary/aromatic N) is 5. The summed E-state index contributed by atoms with van der Waals surface area (Å²) in [4.78, 5) is 25.6. The molecule has 2 heterocycles. The highest BCUT2D eigenvalue weighted by atomic mass is 16.2. The molecule has 4 rings (SSSR count). The normalized spacial score (nSPS) is 21.2. The van der Waals surface area contributed by atoms with Crippen molar-refractivity contribution in [1.29, 1.82) is 5.26 Å². The van der Waals surface area contributed by atoms with Crippen LogP contribution in [0.25, 0.3) is 0 Å². The van der Waals surface area contributed by atoms with Gasteiger partial charge in [0, 0.05) is 56.0 Å². The van der Waals surface area contributed by atoms with Crippen molar-refractivity contribution in [3.63, 3.8) is 0 Å². The lowest BCUT2D eigenvalue weighted by atomic mass is 10.1. The van der Waals surface area contributed by atoms with Gasteiger partial charge in [-0.25, -0.2) is 9.98 Å². The first-order valence-corrected chi connectivity index (χ1v) is 10.3. The largest absolute Gasteiger partial charge is 0.390 e. The van der Waals surface area contributed by atoms with Gasteiger partial charge in [0.2, 0.25) is 5.91 Å². The molecule has 1 saturated carbocycles. The summed E-state index contributed by atoms with van der Waals surface area (Å²) >= 11 is 0. The molecule has 7 heteroatoms. The molecule has 0 atom stereocenters. The van der Waals surface area contributed by atoms with Crippen LogP contribution in [-0.4, -0.2) is 54.1 Å². The highest BCUT2D eigenvalue weighted by Crippen LogP contribution is 2.48. The van der Waals surface area contributed by atoms with Crippen molar-refractivity contribution in [1.82, 2.24) is 9.80 Å². The van der Waals surface area contributed by atoms with E-state index in [9.17, 15) is 4.79 Å². The fourth-order valence-electron chi connectivity index (χ4n) is 4.08. The van der Waals surface area contributed by atoms with E-state index in [1.165, 1.54) is 6.34 Å². The molecule has 1 aromatic carbocycles. The maximum absolute atomic E-state index is 12.9. The molecule has 1 saturated heterocycles. The van der Waals surface area contributed by atoms with Gasteiger partial charge >= 0.3 is 0 Å². The number of carbonyl (C=O) groups is 1. The molecule has 0 aromatic heterocycles. The summed E-state index contributed by atoms with van der Waals surface area (Å²) in [5.74, 6) is 0.831. The minimum Gasteiger partial charge on any atom is -0.390 e. The van der Waals surface area contributed by atoms with E-state index in [4.69, 9.17) is 11.0 Å². The molecule has 2 N–H and O–H groups in total. The van der Waals surface area contributed by atoms with E-state index >= 15 is 0 Å². The predicted octanol–water partition coefficient (Wildman–Crippen LogP) is 2.21. The Morgan fingerprint density at radius 1 is 1.27 bits per heavy atom. The van der Waals surface area contributed by atoms with Gasteiger partial charge in [0.25, 0.3) is 0 Å². The summed E-state index contributed by atoms with van der Waals surface area (Å²) < 4.78 is 0. The number of rotatable bonds is 4. The standard InChI is InChI=1S/C23H26N6O/c24-13-19-3-1-18(2-4-19)5-6-21(30)29-12-11-28(15-23(16-29)8-9-23)14-20-7-10-26-22(20)27-17-25/h1-4,7,10,14,17H,5-6,8-9,11-12,15-16H2,(H2,25,26,27)/b20-14+. The second kappa shape index (κ2) is 8.54. The van der Waals surface area contributed by atoms with Gasteiger partial charge in [-0.3, -0.25) is 4.79 Å². The summed E-state index contributed by atoms with van der Waals surface area (Å²) in [5, 5.41) is 8.91. The lowest BCUT2D eigenvalue weighted by molar-refractivity contribution is -0.131. The quantitative estimate of drug-likeness (QED) is 0.617. The van der Waals surface area contributed by atoms with Crippen LogP contribution in [0.1, 0.15) is 30.4 Å². The third kappa shape index (κ3) is 4.60. The summed E-state index contributed by atoms with van der Waals surface area (Å²) in [5.41, 5.74) is 8.30. The van der Waals surface area contributed by atoms with Gasteiger partial charge in [0.1, 0.15) is 0 Å². The number of amides is 1. The molecule has 3 aliphatic rings. The smallest absolute Gasteiger partial charge is 0.222 e. The third-order valence-corrected chi connectivity index (χ3v) is 5.97. The van der Waals surface area contributed by atoms with Crippen LogP contribution in [-0.2, 0) is 11.2 Å². The summed E-state index contributed by atoms with van der Waals surface area (Å²) in [6.07, 6.45) is 10.5. The van der Waals surface area contributed by atoms with Gasteiger partial charge in [-0.1, -0.05) is 12.1 Å². The predicted molar refractivity (Wildman–Crippen MR) is 117 cm³/mol. The Balaban J connectivity index is 1.38. The number of nitriles is 1. The second-order valence-electron chi connectivity index (χ2n) is 8.23. The van der Waals surface area contributed by atoms with Crippen molar-refractivity contribution in [2.45, 2.75) is 25.7 Å². The zero-order chi connectivity index (χ0) is 21.0. The first-order chi connectivity index (χ1) is 14.6. The number of nitrogens with two attached hydrogens (primary N) is 1. The van der Waals surface area contributed by atoms with Crippen LogP contribution in [0.15, 0.2) is 58.3 Å². The molecule has 1 aliphatic carbocycles. The molecule has 0 bridgehead atoms. The van der Waals surface area contributed by atoms with Gasteiger partial charge in [0.15, 0.2) is 5.84 Å². The van der Waals surface area contributed by atoms with E-state index < -0.39 is 0 Å². The lowest BCUT2D eigenvalue weighted by Crippen LogP contribution is -2.36. The number of aliphatic imine (C=N–C) groups is 2. The molecule has 2 fully saturated rings. The highest BCUT2D eigenvalue weighted by Gasteiger charge is 2.47. The highest BCUT2D eigenvalue weighted by molar-refractivity contribution is 6.06. The van der Waals surface area contributed by atoms with E-state index in [1.807, 2.05) is 23.1 Å². The Labute approximate surface area is 176 Å². The topological polar surface area (TPSA) is 98.1 Å². The van der Waals surface area contributed by atoms with Crippen molar-refractivity contribution in [3.05, 3.63) is 59.4 Å². The van der Waals surface area contributed by atoms with Crippen LogP contribution in [0.2, 0.25) is 0 Å². The molecule has 1 amide bonds.